The summed E-state index contributed by atoms with van der Waals surface area (Å²) < 4.78 is 14.2. The van der Waals surface area contributed by atoms with Crippen LogP contribution in [-0.2, 0) is 11.2 Å². The number of carbonyl (C=O) groups is 1. The lowest BCUT2D eigenvalue weighted by Gasteiger charge is -2.00. The van der Waals surface area contributed by atoms with E-state index in [1.165, 1.54) is 41.5 Å². The predicted octanol–water partition coefficient (Wildman–Crippen LogP) is 1.74. The maximum Gasteiger partial charge on any atom is 0.350 e. The van der Waals surface area contributed by atoms with Gasteiger partial charge in [0.2, 0.25) is 0 Å². The molecule has 0 aliphatic carbocycles. The normalized spacial score (nSPS) is 11.7. The SMILES string of the molecule is Cc1[nH]n(-c2ccc(F)cc2)c(=O)c1N=C(Cc1cnc[nH]1)C(=O)O. The fraction of sp³-hybridized carbons (Fsp3) is 0.125. The molecule has 3 N–H and O–H groups in total. The Morgan fingerprint density at radius 2 is 2.08 bits per heavy atom. The van der Waals surface area contributed by atoms with E-state index in [0.29, 0.717) is 17.1 Å². The van der Waals surface area contributed by atoms with Crippen LogP contribution in [0.25, 0.3) is 5.69 Å². The number of hydrogen-bond acceptors (Lipinski definition) is 4. The first-order valence-corrected chi connectivity index (χ1v) is 7.31. The third-order valence-electron chi connectivity index (χ3n) is 3.53. The summed E-state index contributed by atoms with van der Waals surface area (Å²) in [4.78, 5) is 34.6. The van der Waals surface area contributed by atoms with Crippen LogP contribution in [0.3, 0.4) is 0 Å². The third kappa shape index (κ3) is 3.39. The maximum absolute atomic E-state index is 13.0. The Bertz CT molecular complexity index is 984. The Balaban J connectivity index is 2.03. The summed E-state index contributed by atoms with van der Waals surface area (Å²) in [6, 6.07) is 5.31. The van der Waals surface area contributed by atoms with Crippen LogP contribution in [0.1, 0.15) is 11.4 Å². The number of carboxylic acid groups (broad SMARTS) is 1. The van der Waals surface area contributed by atoms with E-state index in [1.54, 1.807) is 6.92 Å². The van der Waals surface area contributed by atoms with Crippen molar-refractivity contribution in [2.75, 3.05) is 0 Å². The number of halogens is 1. The van der Waals surface area contributed by atoms with Crippen LogP contribution in [0.5, 0.6) is 0 Å². The van der Waals surface area contributed by atoms with Crippen molar-refractivity contribution >= 4 is 17.4 Å². The molecule has 2 heterocycles. The van der Waals surface area contributed by atoms with Gasteiger partial charge in [-0.2, -0.15) is 0 Å². The van der Waals surface area contributed by atoms with Gasteiger partial charge in [-0.05, 0) is 31.2 Å². The number of aliphatic carboxylic acids is 1. The van der Waals surface area contributed by atoms with Gasteiger partial charge in [0.15, 0.2) is 5.69 Å². The zero-order valence-corrected chi connectivity index (χ0v) is 13.2. The number of hydrogen-bond donors (Lipinski definition) is 3. The summed E-state index contributed by atoms with van der Waals surface area (Å²) >= 11 is 0. The highest BCUT2D eigenvalue weighted by Crippen LogP contribution is 2.15. The quantitative estimate of drug-likeness (QED) is 0.612. The van der Waals surface area contributed by atoms with Crippen molar-refractivity contribution in [3.05, 3.63) is 64.3 Å². The molecular formula is C16H14FN5O3. The van der Waals surface area contributed by atoms with E-state index < -0.39 is 17.3 Å². The van der Waals surface area contributed by atoms with Crippen LogP contribution in [0.15, 0.2) is 46.6 Å². The van der Waals surface area contributed by atoms with E-state index >= 15 is 0 Å². The number of imidazole rings is 1. The van der Waals surface area contributed by atoms with Gasteiger partial charge in [-0.25, -0.2) is 23.8 Å². The third-order valence-corrected chi connectivity index (χ3v) is 3.53. The summed E-state index contributed by atoms with van der Waals surface area (Å²) in [5.74, 6) is -1.66. The molecule has 0 aliphatic rings. The molecule has 3 aromatic rings. The van der Waals surface area contributed by atoms with Crippen LogP contribution in [-0.4, -0.2) is 36.5 Å². The minimum absolute atomic E-state index is 0.00403. The molecule has 2 aromatic heterocycles. The second-order valence-electron chi connectivity index (χ2n) is 5.32. The number of aromatic amines is 2. The Hall–Kier alpha value is -3.49. The summed E-state index contributed by atoms with van der Waals surface area (Å²) in [7, 11) is 0. The average molecular weight is 343 g/mol. The van der Waals surface area contributed by atoms with Crippen molar-refractivity contribution in [3.63, 3.8) is 0 Å². The zero-order valence-electron chi connectivity index (χ0n) is 13.2. The Morgan fingerprint density at radius 1 is 1.36 bits per heavy atom. The monoisotopic (exact) mass is 343 g/mol. The number of aryl methyl sites for hydroxylation is 1. The fourth-order valence-corrected chi connectivity index (χ4v) is 2.30. The average Bonchev–Trinajstić information content (AvgIpc) is 3.18. The number of carboxylic acids is 1. The summed E-state index contributed by atoms with van der Waals surface area (Å²) in [5.41, 5.74) is 0.649. The lowest BCUT2D eigenvalue weighted by atomic mass is 10.2. The molecule has 0 amide bonds. The Morgan fingerprint density at radius 3 is 2.68 bits per heavy atom. The highest BCUT2D eigenvalue weighted by molar-refractivity contribution is 6.36. The Kier molecular flexibility index (Phi) is 4.29. The first kappa shape index (κ1) is 16.4. The van der Waals surface area contributed by atoms with E-state index in [-0.39, 0.29) is 17.8 Å². The van der Waals surface area contributed by atoms with Gasteiger partial charge >= 0.3 is 5.97 Å². The molecule has 9 heteroatoms. The lowest BCUT2D eigenvalue weighted by Crippen LogP contribution is -2.18. The number of benzene rings is 1. The van der Waals surface area contributed by atoms with Gasteiger partial charge in [0.25, 0.3) is 5.56 Å². The van der Waals surface area contributed by atoms with Crippen molar-refractivity contribution in [3.8, 4) is 5.69 Å². The first-order chi connectivity index (χ1) is 12.0. The second-order valence-corrected chi connectivity index (χ2v) is 5.32. The van der Waals surface area contributed by atoms with Gasteiger partial charge in [0, 0.05) is 18.3 Å². The van der Waals surface area contributed by atoms with Crippen molar-refractivity contribution in [1.29, 1.82) is 0 Å². The molecule has 0 bridgehead atoms. The molecule has 0 saturated carbocycles. The molecule has 0 fully saturated rings. The lowest BCUT2D eigenvalue weighted by molar-refractivity contribution is -0.129. The highest BCUT2D eigenvalue weighted by atomic mass is 19.1. The second kappa shape index (κ2) is 6.56. The van der Waals surface area contributed by atoms with Crippen molar-refractivity contribution in [2.24, 2.45) is 4.99 Å². The van der Waals surface area contributed by atoms with Gasteiger partial charge in [-0.3, -0.25) is 9.89 Å². The fourth-order valence-electron chi connectivity index (χ4n) is 2.30. The molecule has 0 unspecified atom stereocenters. The number of H-pyrrole nitrogens is 2. The van der Waals surface area contributed by atoms with Gasteiger partial charge in [0.05, 0.1) is 17.7 Å². The van der Waals surface area contributed by atoms with E-state index in [9.17, 15) is 19.1 Å². The molecule has 128 valence electrons. The summed E-state index contributed by atoms with van der Waals surface area (Å²) in [5, 5.41) is 12.2. The number of rotatable bonds is 5. The van der Waals surface area contributed by atoms with E-state index in [1.807, 2.05) is 0 Å². The molecule has 0 spiro atoms. The molecule has 3 rings (SSSR count). The van der Waals surface area contributed by atoms with Gasteiger partial charge in [0.1, 0.15) is 11.5 Å². The molecule has 0 radical (unpaired) electrons. The van der Waals surface area contributed by atoms with Crippen LogP contribution >= 0.6 is 0 Å². The van der Waals surface area contributed by atoms with E-state index in [0.717, 1.165) is 0 Å². The van der Waals surface area contributed by atoms with Crippen molar-refractivity contribution < 1.29 is 14.3 Å². The largest absolute Gasteiger partial charge is 0.477 e. The molecule has 0 saturated heterocycles. The number of aromatic nitrogens is 4. The van der Waals surface area contributed by atoms with Gasteiger partial charge < -0.3 is 10.1 Å². The summed E-state index contributed by atoms with van der Waals surface area (Å²) in [6.45, 7) is 1.61. The zero-order chi connectivity index (χ0) is 18.0. The van der Waals surface area contributed by atoms with Crippen LogP contribution in [0, 0.1) is 12.7 Å². The molecule has 25 heavy (non-hydrogen) atoms. The van der Waals surface area contributed by atoms with Gasteiger partial charge in [-0.15, -0.1) is 0 Å². The van der Waals surface area contributed by atoms with Crippen molar-refractivity contribution in [2.45, 2.75) is 13.3 Å². The molecular weight excluding hydrogens is 329 g/mol. The van der Waals surface area contributed by atoms with Crippen molar-refractivity contribution in [1.82, 2.24) is 19.7 Å². The van der Waals surface area contributed by atoms with E-state index in [2.05, 4.69) is 20.1 Å². The minimum Gasteiger partial charge on any atom is -0.477 e. The summed E-state index contributed by atoms with van der Waals surface area (Å²) in [6.07, 6.45) is 2.91. The number of nitrogens with zero attached hydrogens (tertiary/aromatic N) is 3. The Labute approximate surface area is 140 Å². The van der Waals surface area contributed by atoms with Crippen LogP contribution < -0.4 is 5.56 Å². The molecule has 0 atom stereocenters. The van der Waals surface area contributed by atoms with E-state index in [4.69, 9.17) is 0 Å². The smallest absolute Gasteiger partial charge is 0.350 e. The molecule has 0 aliphatic heterocycles. The molecule has 8 nitrogen and oxygen atoms in total. The topological polar surface area (TPSA) is 116 Å². The predicted molar refractivity (Wildman–Crippen MR) is 88.1 cm³/mol. The first-order valence-electron chi connectivity index (χ1n) is 7.31. The van der Waals surface area contributed by atoms with Gasteiger partial charge in [-0.1, -0.05) is 0 Å². The number of aliphatic imine (C=N–C) groups is 1. The highest BCUT2D eigenvalue weighted by Gasteiger charge is 2.17. The van der Waals surface area contributed by atoms with Crippen LogP contribution in [0.2, 0.25) is 0 Å². The number of nitrogens with one attached hydrogen (secondary N) is 2. The minimum atomic E-state index is -1.23. The molecule has 1 aromatic carbocycles. The van der Waals surface area contributed by atoms with Crippen LogP contribution in [0.4, 0.5) is 10.1 Å². The maximum atomic E-state index is 13.0. The standard InChI is InChI=1S/C16H14FN5O3/c1-9-14(20-13(16(24)25)6-11-7-18-8-19-11)15(23)22(21-9)12-4-2-10(17)3-5-12/h2-5,7-8,21H,6H2,1H3,(H,18,19)(H,24,25).